The summed E-state index contributed by atoms with van der Waals surface area (Å²) in [5.41, 5.74) is 1.50. The van der Waals surface area contributed by atoms with Crippen molar-refractivity contribution in [2.75, 3.05) is 39.3 Å². The van der Waals surface area contributed by atoms with Gasteiger partial charge in [0.05, 0.1) is 6.61 Å². The van der Waals surface area contributed by atoms with Crippen LogP contribution in [0.5, 0.6) is 5.75 Å². The van der Waals surface area contributed by atoms with E-state index in [4.69, 9.17) is 4.74 Å². The van der Waals surface area contributed by atoms with Crippen LogP contribution in [-0.2, 0) is 0 Å². The molecule has 3 rings (SSSR count). The van der Waals surface area contributed by atoms with Crippen LogP contribution in [0, 0.1) is 5.92 Å². The van der Waals surface area contributed by atoms with Crippen molar-refractivity contribution >= 4 is 16.7 Å². The van der Waals surface area contributed by atoms with E-state index in [0.29, 0.717) is 6.61 Å². The summed E-state index contributed by atoms with van der Waals surface area (Å²) in [7, 11) is 0. The highest BCUT2D eigenvalue weighted by atomic mass is 16.5. The van der Waals surface area contributed by atoms with Crippen molar-refractivity contribution in [3.63, 3.8) is 0 Å². The number of hydrogen-bond acceptors (Lipinski definition) is 5. The van der Waals surface area contributed by atoms with Crippen LogP contribution in [0.1, 0.15) is 24.2 Å². The fourth-order valence-electron chi connectivity index (χ4n) is 3.26. The molecule has 0 radical (unpaired) electrons. The van der Waals surface area contributed by atoms with Crippen LogP contribution in [0.4, 0.5) is 0 Å². The van der Waals surface area contributed by atoms with Crippen molar-refractivity contribution in [2.45, 2.75) is 13.8 Å². The van der Waals surface area contributed by atoms with Gasteiger partial charge in [-0.15, -0.1) is 0 Å². The molecule has 1 N–H and O–H groups in total. The second-order valence-electron chi connectivity index (χ2n) is 6.26. The van der Waals surface area contributed by atoms with Gasteiger partial charge in [-0.3, -0.25) is 9.78 Å². The minimum absolute atomic E-state index is 0.0375. The molecule has 5 heteroatoms. The summed E-state index contributed by atoms with van der Waals surface area (Å²) >= 11 is 0. The van der Waals surface area contributed by atoms with Crippen molar-refractivity contribution in [2.24, 2.45) is 5.92 Å². The van der Waals surface area contributed by atoms with Crippen molar-refractivity contribution in [3.8, 4) is 5.75 Å². The van der Waals surface area contributed by atoms with Gasteiger partial charge in [0.1, 0.15) is 11.3 Å². The summed E-state index contributed by atoms with van der Waals surface area (Å²) in [6, 6.07) is 7.57. The lowest BCUT2D eigenvalue weighted by Crippen LogP contribution is -2.45. The van der Waals surface area contributed by atoms with Gasteiger partial charge in [0.25, 0.3) is 0 Å². The molecular weight excluding hydrogens is 302 g/mol. The molecule has 0 saturated carbocycles. The lowest BCUT2D eigenvalue weighted by molar-refractivity contribution is 0.0889. The van der Waals surface area contributed by atoms with Gasteiger partial charge in [-0.1, -0.05) is 13.0 Å². The maximum Gasteiger partial charge on any atom is 0.167 e. The lowest BCUT2D eigenvalue weighted by Gasteiger charge is -2.29. The fourth-order valence-corrected chi connectivity index (χ4v) is 3.26. The molecule has 5 nitrogen and oxygen atoms in total. The summed E-state index contributed by atoms with van der Waals surface area (Å²) < 4.78 is 5.65. The molecule has 1 aromatic heterocycles. The Morgan fingerprint density at radius 2 is 2.12 bits per heavy atom. The summed E-state index contributed by atoms with van der Waals surface area (Å²) in [5.74, 6) is 0.874. The summed E-state index contributed by atoms with van der Waals surface area (Å²) in [6.45, 7) is 9.35. The first kappa shape index (κ1) is 16.9. The summed E-state index contributed by atoms with van der Waals surface area (Å²) in [5, 5.41) is 4.22. The monoisotopic (exact) mass is 327 g/mol. The third-order valence-corrected chi connectivity index (χ3v) is 4.49. The largest absolute Gasteiger partial charge is 0.492 e. The van der Waals surface area contributed by atoms with Gasteiger partial charge in [-0.25, -0.2) is 0 Å². The average molecular weight is 327 g/mol. The predicted octanol–water partition coefficient (Wildman–Crippen LogP) is 2.36. The zero-order valence-corrected chi connectivity index (χ0v) is 14.4. The van der Waals surface area contributed by atoms with Crippen molar-refractivity contribution in [1.82, 2.24) is 15.2 Å². The molecule has 1 fully saturated rings. The number of nitrogens with zero attached hydrogens (tertiary/aromatic N) is 2. The van der Waals surface area contributed by atoms with E-state index in [1.165, 1.54) is 0 Å². The average Bonchev–Trinajstić information content (AvgIpc) is 2.62. The van der Waals surface area contributed by atoms with Crippen LogP contribution >= 0.6 is 0 Å². The Balaban J connectivity index is 1.85. The Morgan fingerprint density at radius 1 is 1.33 bits per heavy atom. The molecule has 2 heterocycles. The Hall–Kier alpha value is -1.98. The molecule has 1 atom stereocenters. The SMILES string of the molecule is CCOc1ccc(C(=O)C(C)CN2CCNCC2)c2cccnc12. The quantitative estimate of drug-likeness (QED) is 0.826. The van der Waals surface area contributed by atoms with Crippen molar-refractivity contribution < 1.29 is 9.53 Å². The first-order valence-corrected chi connectivity index (χ1v) is 8.68. The number of Topliss-reactive ketones (excluding diaryl/α,β-unsaturated/α-hetero) is 1. The standard InChI is InChI=1S/C19H25N3O2/c1-3-24-17-7-6-16(15-5-4-8-21-18(15)17)19(23)14(2)13-22-11-9-20-10-12-22/h4-8,14,20H,3,9-13H2,1-2H3. The van der Waals surface area contributed by atoms with E-state index in [9.17, 15) is 4.79 Å². The van der Waals surface area contributed by atoms with Crippen molar-refractivity contribution in [1.29, 1.82) is 0 Å². The lowest BCUT2D eigenvalue weighted by atomic mass is 9.95. The van der Waals surface area contributed by atoms with Gasteiger partial charge < -0.3 is 15.0 Å². The zero-order valence-electron chi connectivity index (χ0n) is 14.4. The number of hydrogen-bond donors (Lipinski definition) is 1. The Morgan fingerprint density at radius 3 is 2.88 bits per heavy atom. The van der Waals surface area contributed by atoms with E-state index < -0.39 is 0 Å². The third kappa shape index (κ3) is 3.57. The van der Waals surface area contributed by atoms with E-state index in [2.05, 4.69) is 15.2 Å². The Kier molecular flexibility index (Phi) is 5.43. The molecular formula is C19H25N3O2. The second-order valence-corrected chi connectivity index (χ2v) is 6.26. The molecule has 1 aliphatic rings. The number of piperazine rings is 1. The Labute approximate surface area is 143 Å². The number of rotatable bonds is 6. The van der Waals surface area contributed by atoms with Crippen LogP contribution in [0.3, 0.4) is 0 Å². The van der Waals surface area contributed by atoms with Gasteiger partial charge in [-0.05, 0) is 25.1 Å². The number of fused-ring (bicyclic) bond motifs is 1. The maximum atomic E-state index is 13.0. The number of pyridine rings is 1. The Bertz CT molecular complexity index is 711. The van der Waals surface area contributed by atoms with Gasteiger partial charge in [0.15, 0.2) is 5.78 Å². The summed E-state index contributed by atoms with van der Waals surface area (Å²) in [4.78, 5) is 19.8. The number of nitrogens with one attached hydrogen (secondary N) is 1. The highest BCUT2D eigenvalue weighted by molar-refractivity contribution is 6.09. The molecule has 0 amide bonds. The maximum absolute atomic E-state index is 13.0. The number of ketones is 1. The van der Waals surface area contributed by atoms with Crippen LogP contribution in [0.25, 0.3) is 10.9 Å². The first-order valence-electron chi connectivity index (χ1n) is 8.68. The molecule has 1 aromatic carbocycles. The number of carbonyl (C=O) groups excluding carboxylic acids is 1. The zero-order chi connectivity index (χ0) is 16.9. The smallest absolute Gasteiger partial charge is 0.167 e. The van der Waals surface area contributed by atoms with Gasteiger partial charge in [-0.2, -0.15) is 0 Å². The highest BCUT2D eigenvalue weighted by Gasteiger charge is 2.22. The molecule has 0 spiro atoms. The minimum atomic E-state index is -0.0375. The van der Waals surface area contributed by atoms with Crippen LogP contribution < -0.4 is 10.1 Å². The van der Waals surface area contributed by atoms with Gasteiger partial charge in [0, 0.05) is 55.8 Å². The number of aromatic nitrogens is 1. The molecule has 0 bridgehead atoms. The van der Waals surface area contributed by atoms with Gasteiger partial charge >= 0.3 is 0 Å². The van der Waals surface area contributed by atoms with Crippen LogP contribution in [-0.4, -0.2) is 55.0 Å². The summed E-state index contributed by atoms with van der Waals surface area (Å²) in [6.07, 6.45) is 1.74. The molecule has 2 aromatic rings. The molecule has 24 heavy (non-hydrogen) atoms. The molecule has 1 aliphatic heterocycles. The van der Waals surface area contributed by atoms with E-state index in [0.717, 1.165) is 54.9 Å². The number of benzene rings is 1. The van der Waals surface area contributed by atoms with E-state index in [1.807, 2.05) is 38.1 Å². The highest BCUT2D eigenvalue weighted by Crippen LogP contribution is 2.28. The molecule has 128 valence electrons. The minimum Gasteiger partial charge on any atom is -0.492 e. The van der Waals surface area contributed by atoms with Crippen LogP contribution in [0.15, 0.2) is 30.5 Å². The normalized spacial score (nSPS) is 16.9. The van der Waals surface area contributed by atoms with Gasteiger partial charge in [0.2, 0.25) is 0 Å². The second kappa shape index (κ2) is 7.73. The number of ether oxygens (including phenoxy) is 1. The topological polar surface area (TPSA) is 54.5 Å². The molecule has 1 saturated heterocycles. The first-order chi connectivity index (χ1) is 11.7. The number of carbonyl (C=O) groups is 1. The van der Waals surface area contributed by atoms with E-state index in [1.54, 1.807) is 6.20 Å². The van der Waals surface area contributed by atoms with E-state index >= 15 is 0 Å². The van der Waals surface area contributed by atoms with Crippen LogP contribution in [0.2, 0.25) is 0 Å². The molecule has 0 aliphatic carbocycles. The molecule has 1 unspecified atom stereocenters. The third-order valence-electron chi connectivity index (χ3n) is 4.49. The fraction of sp³-hybridized carbons (Fsp3) is 0.474. The van der Waals surface area contributed by atoms with E-state index in [-0.39, 0.29) is 11.7 Å². The predicted molar refractivity (Wildman–Crippen MR) is 95.7 cm³/mol. The van der Waals surface area contributed by atoms with Crippen molar-refractivity contribution in [3.05, 3.63) is 36.0 Å².